The zero-order valence-corrected chi connectivity index (χ0v) is 11.6. The van der Waals surface area contributed by atoms with Crippen molar-refractivity contribution in [2.45, 2.75) is 32.0 Å². The van der Waals surface area contributed by atoms with Gasteiger partial charge in [-0.2, -0.15) is 0 Å². The molecule has 21 heavy (non-hydrogen) atoms. The fraction of sp³-hybridized carbons (Fsp3) is 0.294. The maximum absolute atomic E-state index is 13.3. The number of fused-ring (bicyclic) bond motifs is 1. The van der Waals surface area contributed by atoms with Gasteiger partial charge in [0.25, 0.3) is 0 Å². The highest BCUT2D eigenvalue weighted by molar-refractivity contribution is 5.35. The molecule has 0 aliphatic heterocycles. The van der Waals surface area contributed by atoms with E-state index >= 15 is 0 Å². The Balaban J connectivity index is 1.71. The van der Waals surface area contributed by atoms with Crippen LogP contribution in [0.2, 0.25) is 0 Å². The summed E-state index contributed by atoms with van der Waals surface area (Å²) in [6, 6.07) is 9.77. The van der Waals surface area contributed by atoms with E-state index in [0.29, 0.717) is 12.1 Å². The fourth-order valence-corrected chi connectivity index (χ4v) is 2.89. The second-order valence-electron chi connectivity index (χ2n) is 5.40. The van der Waals surface area contributed by atoms with Crippen LogP contribution in [0.1, 0.15) is 34.7 Å². The maximum atomic E-state index is 13.3. The molecule has 2 nitrogen and oxygen atoms in total. The number of rotatable bonds is 4. The lowest BCUT2D eigenvalue weighted by Crippen LogP contribution is -2.19. The molecular formula is C17H17F2NO. The molecule has 0 amide bonds. The van der Waals surface area contributed by atoms with E-state index in [1.165, 1.54) is 17.7 Å². The Kier molecular flexibility index (Phi) is 3.99. The summed E-state index contributed by atoms with van der Waals surface area (Å²) in [5, 5.41) is 12.5. The zero-order valence-electron chi connectivity index (χ0n) is 11.6. The molecule has 0 heterocycles. The highest BCUT2D eigenvalue weighted by Crippen LogP contribution is 2.31. The Morgan fingerprint density at radius 3 is 2.81 bits per heavy atom. The molecule has 0 saturated heterocycles. The largest absolute Gasteiger partial charge is 0.392 e. The Bertz CT molecular complexity index is 657. The van der Waals surface area contributed by atoms with E-state index in [9.17, 15) is 8.78 Å². The van der Waals surface area contributed by atoms with Gasteiger partial charge >= 0.3 is 0 Å². The molecule has 4 heteroatoms. The van der Waals surface area contributed by atoms with Gasteiger partial charge in [-0.3, -0.25) is 0 Å². The number of hydrogen-bond donors (Lipinski definition) is 2. The first-order chi connectivity index (χ1) is 10.2. The Hall–Kier alpha value is -1.78. The van der Waals surface area contributed by atoms with E-state index in [-0.39, 0.29) is 18.5 Å². The number of hydrogen-bond acceptors (Lipinski definition) is 2. The molecule has 1 aliphatic carbocycles. The fourth-order valence-electron chi connectivity index (χ4n) is 2.89. The van der Waals surface area contributed by atoms with Gasteiger partial charge in [0.1, 0.15) is 11.6 Å². The summed E-state index contributed by atoms with van der Waals surface area (Å²) in [6.45, 7) is 0.255. The van der Waals surface area contributed by atoms with Crippen LogP contribution in [-0.4, -0.2) is 5.11 Å². The molecule has 0 bridgehead atoms. The predicted octanol–water partition coefficient (Wildman–Crippen LogP) is 3.23. The van der Waals surface area contributed by atoms with Crippen LogP contribution in [-0.2, 0) is 19.6 Å². The van der Waals surface area contributed by atoms with Crippen molar-refractivity contribution in [3.8, 4) is 0 Å². The lowest BCUT2D eigenvalue weighted by molar-refractivity contribution is 0.275. The van der Waals surface area contributed by atoms with Crippen LogP contribution in [0.5, 0.6) is 0 Å². The van der Waals surface area contributed by atoms with Crippen LogP contribution < -0.4 is 5.32 Å². The number of aliphatic hydroxyl groups is 1. The first kappa shape index (κ1) is 14.2. The van der Waals surface area contributed by atoms with Crippen LogP contribution in [0.4, 0.5) is 8.78 Å². The van der Waals surface area contributed by atoms with Crippen LogP contribution in [0, 0.1) is 11.6 Å². The number of nitrogens with one attached hydrogen (secondary N) is 1. The summed E-state index contributed by atoms with van der Waals surface area (Å²) < 4.78 is 26.7. The van der Waals surface area contributed by atoms with Crippen molar-refractivity contribution in [1.82, 2.24) is 5.32 Å². The van der Waals surface area contributed by atoms with Gasteiger partial charge in [-0.25, -0.2) is 8.78 Å². The van der Waals surface area contributed by atoms with Crippen molar-refractivity contribution in [3.05, 3.63) is 70.3 Å². The normalized spacial score (nSPS) is 17.0. The smallest absolute Gasteiger partial charge is 0.128 e. The second-order valence-corrected chi connectivity index (χ2v) is 5.40. The molecular weight excluding hydrogens is 272 g/mol. The number of aryl methyl sites for hydroxylation is 1. The maximum Gasteiger partial charge on any atom is 0.128 e. The van der Waals surface area contributed by atoms with Crippen molar-refractivity contribution < 1.29 is 13.9 Å². The average molecular weight is 289 g/mol. The minimum Gasteiger partial charge on any atom is -0.392 e. The molecule has 2 aromatic rings. The van der Waals surface area contributed by atoms with E-state index in [1.54, 1.807) is 18.2 Å². The quantitative estimate of drug-likeness (QED) is 0.905. The molecule has 1 aliphatic rings. The van der Waals surface area contributed by atoms with Gasteiger partial charge in [-0.05, 0) is 53.8 Å². The summed E-state index contributed by atoms with van der Waals surface area (Å²) >= 11 is 0. The molecule has 2 aromatic carbocycles. The van der Waals surface area contributed by atoms with E-state index in [1.807, 2.05) is 6.07 Å². The monoisotopic (exact) mass is 289 g/mol. The van der Waals surface area contributed by atoms with E-state index in [0.717, 1.165) is 24.0 Å². The highest BCUT2D eigenvalue weighted by Gasteiger charge is 2.22. The lowest BCUT2D eigenvalue weighted by Gasteiger charge is -2.15. The minimum atomic E-state index is -0.394. The summed E-state index contributed by atoms with van der Waals surface area (Å²) in [5.74, 6) is -0.610. The third-order valence-corrected chi connectivity index (χ3v) is 4.02. The van der Waals surface area contributed by atoms with E-state index < -0.39 is 5.82 Å². The Labute approximate surface area is 122 Å². The predicted molar refractivity (Wildman–Crippen MR) is 76.6 cm³/mol. The highest BCUT2D eigenvalue weighted by atomic mass is 19.1. The average Bonchev–Trinajstić information content (AvgIpc) is 2.88. The third kappa shape index (κ3) is 2.96. The van der Waals surface area contributed by atoms with Crippen molar-refractivity contribution in [2.75, 3.05) is 0 Å². The van der Waals surface area contributed by atoms with Gasteiger partial charge in [0, 0.05) is 18.2 Å². The molecule has 0 spiro atoms. The number of halogens is 2. The van der Waals surface area contributed by atoms with Gasteiger partial charge in [0.15, 0.2) is 0 Å². The molecule has 3 rings (SSSR count). The van der Waals surface area contributed by atoms with Gasteiger partial charge < -0.3 is 10.4 Å². The number of aliphatic hydroxyl groups excluding tert-OH is 1. The molecule has 0 saturated carbocycles. The van der Waals surface area contributed by atoms with Crippen molar-refractivity contribution in [1.29, 1.82) is 0 Å². The van der Waals surface area contributed by atoms with Crippen LogP contribution in [0.25, 0.3) is 0 Å². The topological polar surface area (TPSA) is 32.3 Å². The summed E-state index contributed by atoms with van der Waals surface area (Å²) in [6.07, 6.45) is 1.88. The van der Waals surface area contributed by atoms with Crippen molar-refractivity contribution in [3.63, 3.8) is 0 Å². The molecule has 0 aromatic heterocycles. The van der Waals surface area contributed by atoms with Crippen LogP contribution >= 0.6 is 0 Å². The zero-order chi connectivity index (χ0) is 14.8. The van der Waals surface area contributed by atoms with Crippen LogP contribution in [0.3, 0.4) is 0 Å². The van der Waals surface area contributed by atoms with Crippen molar-refractivity contribution in [2.24, 2.45) is 0 Å². The second kappa shape index (κ2) is 5.92. The third-order valence-electron chi connectivity index (χ3n) is 4.02. The van der Waals surface area contributed by atoms with E-state index in [4.69, 9.17) is 5.11 Å². The first-order valence-electron chi connectivity index (χ1n) is 7.07. The molecule has 0 radical (unpaired) electrons. The molecule has 2 N–H and O–H groups in total. The summed E-state index contributed by atoms with van der Waals surface area (Å²) in [5.41, 5.74) is 3.40. The standard InChI is InChI=1S/C17H17F2NO/c18-14-4-2-12-3-6-17(15(12)8-14)20-9-11-1-5-16(19)13(7-11)10-21/h1-2,4-5,7-8,17,20-21H,3,6,9-10H2. The Morgan fingerprint density at radius 1 is 1.14 bits per heavy atom. The molecule has 0 fully saturated rings. The summed E-state index contributed by atoms with van der Waals surface area (Å²) in [4.78, 5) is 0. The van der Waals surface area contributed by atoms with Crippen LogP contribution in [0.15, 0.2) is 36.4 Å². The molecule has 110 valence electrons. The van der Waals surface area contributed by atoms with Gasteiger partial charge in [0.05, 0.1) is 6.61 Å². The van der Waals surface area contributed by atoms with Crippen molar-refractivity contribution >= 4 is 0 Å². The molecule has 1 unspecified atom stereocenters. The summed E-state index contributed by atoms with van der Waals surface area (Å²) in [7, 11) is 0. The van der Waals surface area contributed by atoms with Gasteiger partial charge in [0.2, 0.25) is 0 Å². The van der Waals surface area contributed by atoms with E-state index in [2.05, 4.69) is 5.32 Å². The van der Waals surface area contributed by atoms with Gasteiger partial charge in [-0.15, -0.1) is 0 Å². The van der Waals surface area contributed by atoms with Gasteiger partial charge in [-0.1, -0.05) is 12.1 Å². The minimum absolute atomic E-state index is 0.123. The molecule has 1 atom stereocenters. The SMILES string of the molecule is OCc1cc(CNC2CCc3ccc(F)cc32)ccc1F. The number of benzene rings is 2. The lowest BCUT2D eigenvalue weighted by atomic mass is 10.1. The Morgan fingerprint density at radius 2 is 2.00 bits per heavy atom. The first-order valence-corrected chi connectivity index (χ1v) is 7.07.